The van der Waals surface area contributed by atoms with Crippen molar-refractivity contribution in [1.29, 1.82) is 0 Å². The third kappa shape index (κ3) is 1.78. The van der Waals surface area contributed by atoms with Gasteiger partial charge in [-0.15, -0.1) is 23.5 Å². The lowest BCUT2D eigenvalue weighted by Crippen LogP contribution is -1.93. The lowest BCUT2D eigenvalue weighted by Gasteiger charge is -2.06. The van der Waals surface area contributed by atoms with Gasteiger partial charge in [-0.25, -0.2) is 0 Å². The number of hydrogen-bond acceptors (Lipinski definition) is 4. The molecule has 0 aromatic heterocycles. The molecule has 0 saturated carbocycles. The van der Waals surface area contributed by atoms with Gasteiger partial charge in [0.1, 0.15) is 0 Å². The van der Waals surface area contributed by atoms with Crippen molar-refractivity contribution in [1.82, 2.24) is 0 Å². The molecule has 2 rings (SSSR count). The van der Waals surface area contributed by atoms with Crippen LogP contribution in [-0.2, 0) is 0 Å². The standard InChI is InChI=1S/C9H10N2S2/c10-6-1-2-8(11)7(3-6)9-4-12-5-13-9/h1-4H,5,10-11H2. The zero-order valence-electron chi connectivity index (χ0n) is 6.99. The minimum absolute atomic E-state index is 0.766. The van der Waals surface area contributed by atoms with Crippen molar-refractivity contribution < 1.29 is 0 Å². The van der Waals surface area contributed by atoms with E-state index in [1.54, 1.807) is 23.5 Å². The molecule has 0 atom stereocenters. The van der Waals surface area contributed by atoms with E-state index in [0.717, 1.165) is 22.0 Å². The summed E-state index contributed by atoms with van der Waals surface area (Å²) in [6, 6.07) is 5.61. The van der Waals surface area contributed by atoms with E-state index in [9.17, 15) is 0 Å². The van der Waals surface area contributed by atoms with E-state index >= 15 is 0 Å². The van der Waals surface area contributed by atoms with Gasteiger partial charge < -0.3 is 11.5 Å². The summed E-state index contributed by atoms with van der Waals surface area (Å²) >= 11 is 3.60. The molecule has 0 aliphatic carbocycles. The third-order valence-electron chi connectivity index (χ3n) is 1.82. The lowest BCUT2D eigenvalue weighted by atomic mass is 10.1. The number of rotatable bonds is 1. The number of nitrogen functional groups attached to an aromatic ring is 2. The molecule has 0 radical (unpaired) electrons. The number of nitrogens with two attached hydrogens (primary N) is 2. The quantitative estimate of drug-likeness (QED) is 0.700. The second-order valence-corrected chi connectivity index (χ2v) is 5.00. The minimum Gasteiger partial charge on any atom is -0.399 e. The highest BCUT2D eigenvalue weighted by atomic mass is 32.2. The lowest BCUT2D eigenvalue weighted by molar-refractivity contribution is 1.62. The number of thioether (sulfide) groups is 2. The van der Waals surface area contributed by atoms with E-state index in [1.165, 1.54) is 4.91 Å². The zero-order chi connectivity index (χ0) is 9.26. The first kappa shape index (κ1) is 8.84. The summed E-state index contributed by atoms with van der Waals surface area (Å²) < 4.78 is 0. The summed E-state index contributed by atoms with van der Waals surface area (Å²) in [5, 5.41) is 3.21. The van der Waals surface area contributed by atoms with Crippen LogP contribution in [-0.4, -0.2) is 5.08 Å². The van der Waals surface area contributed by atoms with Crippen LogP contribution in [0.4, 0.5) is 11.4 Å². The predicted molar refractivity (Wildman–Crippen MR) is 63.3 cm³/mol. The molecule has 4 N–H and O–H groups in total. The topological polar surface area (TPSA) is 52.0 Å². The average Bonchev–Trinajstić information content (AvgIpc) is 2.61. The summed E-state index contributed by atoms with van der Waals surface area (Å²) in [4.78, 5) is 1.23. The van der Waals surface area contributed by atoms with Gasteiger partial charge in [-0.3, -0.25) is 0 Å². The van der Waals surface area contributed by atoms with Crippen LogP contribution in [0.25, 0.3) is 4.91 Å². The van der Waals surface area contributed by atoms with Gasteiger partial charge in [0, 0.05) is 26.9 Å². The van der Waals surface area contributed by atoms with Crippen LogP contribution in [0.1, 0.15) is 5.56 Å². The Labute approximate surface area is 85.8 Å². The van der Waals surface area contributed by atoms with E-state index in [4.69, 9.17) is 11.5 Å². The number of hydrogen-bond donors (Lipinski definition) is 2. The Balaban J connectivity index is 2.43. The second-order valence-electron chi connectivity index (χ2n) is 2.76. The fourth-order valence-electron chi connectivity index (χ4n) is 1.17. The summed E-state index contributed by atoms with van der Waals surface area (Å²) in [7, 11) is 0. The van der Waals surface area contributed by atoms with Crippen molar-refractivity contribution in [2.24, 2.45) is 0 Å². The molecule has 1 heterocycles. The maximum atomic E-state index is 5.85. The van der Waals surface area contributed by atoms with Crippen LogP contribution < -0.4 is 11.5 Å². The Morgan fingerprint density at radius 3 is 2.77 bits per heavy atom. The maximum Gasteiger partial charge on any atom is 0.0481 e. The van der Waals surface area contributed by atoms with Crippen LogP contribution >= 0.6 is 23.5 Å². The fraction of sp³-hybridized carbons (Fsp3) is 0.111. The number of anilines is 2. The van der Waals surface area contributed by atoms with Crippen molar-refractivity contribution in [2.75, 3.05) is 16.6 Å². The van der Waals surface area contributed by atoms with Crippen LogP contribution in [0.2, 0.25) is 0 Å². The molecule has 0 bridgehead atoms. The Morgan fingerprint density at radius 2 is 2.08 bits per heavy atom. The smallest absolute Gasteiger partial charge is 0.0481 e. The molecule has 13 heavy (non-hydrogen) atoms. The Kier molecular flexibility index (Phi) is 2.42. The van der Waals surface area contributed by atoms with E-state index in [-0.39, 0.29) is 0 Å². The van der Waals surface area contributed by atoms with Crippen molar-refractivity contribution in [3.05, 3.63) is 29.2 Å². The van der Waals surface area contributed by atoms with Crippen LogP contribution in [0.5, 0.6) is 0 Å². The van der Waals surface area contributed by atoms with Crippen molar-refractivity contribution in [2.45, 2.75) is 0 Å². The monoisotopic (exact) mass is 210 g/mol. The molecule has 1 aliphatic rings. The zero-order valence-corrected chi connectivity index (χ0v) is 8.62. The predicted octanol–water partition coefficient (Wildman–Crippen LogP) is 2.59. The summed E-state index contributed by atoms with van der Waals surface area (Å²) in [5.41, 5.74) is 14.2. The first-order chi connectivity index (χ1) is 6.27. The fourth-order valence-corrected chi connectivity index (χ4v) is 3.31. The molecule has 2 nitrogen and oxygen atoms in total. The largest absolute Gasteiger partial charge is 0.399 e. The highest BCUT2D eigenvalue weighted by molar-refractivity contribution is 8.25. The van der Waals surface area contributed by atoms with Crippen molar-refractivity contribution in [3.63, 3.8) is 0 Å². The van der Waals surface area contributed by atoms with Gasteiger partial charge in [0.25, 0.3) is 0 Å². The molecule has 68 valence electrons. The summed E-state index contributed by atoms with van der Waals surface area (Å²) in [6.07, 6.45) is 0. The van der Waals surface area contributed by atoms with E-state index in [2.05, 4.69) is 5.41 Å². The molecule has 0 spiro atoms. The molecule has 1 aromatic carbocycles. The van der Waals surface area contributed by atoms with Gasteiger partial charge in [-0.2, -0.15) is 0 Å². The normalized spacial score (nSPS) is 15.8. The van der Waals surface area contributed by atoms with Crippen LogP contribution in [0, 0.1) is 0 Å². The molecule has 0 amide bonds. The molecule has 0 saturated heterocycles. The van der Waals surface area contributed by atoms with Crippen molar-refractivity contribution in [3.8, 4) is 0 Å². The second kappa shape index (κ2) is 3.55. The van der Waals surface area contributed by atoms with E-state index in [0.29, 0.717) is 0 Å². The molecule has 1 aromatic rings. The number of benzene rings is 1. The van der Waals surface area contributed by atoms with Gasteiger partial charge in [-0.05, 0) is 23.6 Å². The van der Waals surface area contributed by atoms with Crippen LogP contribution in [0.15, 0.2) is 23.6 Å². The minimum atomic E-state index is 0.766. The highest BCUT2D eigenvalue weighted by Crippen LogP contribution is 2.41. The Bertz CT molecular complexity index is 361. The molecular weight excluding hydrogens is 200 g/mol. The van der Waals surface area contributed by atoms with E-state index < -0.39 is 0 Å². The molecule has 0 fully saturated rings. The Morgan fingerprint density at radius 1 is 1.23 bits per heavy atom. The molecule has 1 aliphatic heterocycles. The summed E-state index contributed by atoms with van der Waals surface area (Å²) in [6.45, 7) is 0. The van der Waals surface area contributed by atoms with Gasteiger partial charge in [0.05, 0.1) is 0 Å². The summed E-state index contributed by atoms with van der Waals surface area (Å²) in [5.74, 6) is 0. The van der Waals surface area contributed by atoms with Gasteiger partial charge in [0.15, 0.2) is 0 Å². The first-order valence-electron chi connectivity index (χ1n) is 3.87. The van der Waals surface area contributed by atoms with Crippen molar-refractivity contribution >= 4 is 39.8 Å². The molecule has 4 heteroatoms. The first-order valence-corrected chi connectivity index (χ1v) is 5.91. The van der Waals surface area contributed by atoms with Gasteiger partial charge >= 0.3 is 0 Å². The van der Waals surface area contributed by atoms with Gasteiger partial charge in [-0.1, -0.05) is 0 Å². The molecule has 0 unspecified atom stereocenters. The third-order valence-corrected chi connectivity index (χ3v) is 4.03. The van der Waals surface area contributed by atoms with Gasteiger partial charge in [0.2, 0.25) is 0 Å². The SMILES string of the molecule is Nc1ccc(N)c(C2=CSCS2)c1. The highest BCUT2D eigenvalue weighted by Gasteiger charge is 2.11. The Hall–Kier alpha value is -0.740. The van der Waals surface area contributed by atoms with Crippen LogP contribution in [0.3, 0.4) is 0 Å². The average molecular weight is 210 g/mol. The van der Waals surface area contributed by atoms with E-state index in [1.807, 2.05) is 18.2 Å². The maximum absolute atomic E-state index is 5.85. The molecular formula is C9H10N2S2.